The van der Waals surface area contributed by atoms with Gasteiger partial charge < -0.3 is 15.4 Å². The Balaban J connectivity index is 1.36. The van der Waals surface area contributed by atoms with Crippen LogP contribution in [-0.4, -0.2) is 38.1 Å². The Kier molecular flexibility index (Phi) is 5.21. The van der Waals surface area contributed by atoms with Crippen LogP contribution in [0.4, 0.5) is 14.5 Å². The molecule has 1 unspecified atom stereocenters. The number of ether oxygens (including phenoxy) is 1. The number of hydrogen-bond acceptors (Lipinski definition) is 6. The lowest BCUT2D eigenvalue weighted by molar-refractivity contribution is -0.117. The molecule has 0 bridgehead atoms. The molecular formula is C23H20F2N6O2. The number of hydrogen-bond donors (Lipinski definition) is 1. The van der Waals surface area contributed by atoms with Gasteiger partial charge in [0.2, 0.25) is 17.7 Å². The van der Waals surface area contributed by atoms with Crippen molar-refractivity contribution in [3.63, 3.8) is 0 Å². The number of halogens is 2. The van der Waals surface area contributed by atoms with Crippen LogP contribution in [0.2, 0.25) is 0 Å². The van der Waals surface area contributed by atoms with Crippen molar-refractivity contribution in [2.24, 2.45) is 5.73 Å². The second kappa shape index (κ2) is 8.21. The summed E-state index contributed by atoms with van der Waals surface area (Å²) in [5, 5.41) is 4.37. The van der Waals surface area contributed by atoms with Crippen LogP contribution >= 0.6 is 0 Å². The van der Waals surface area contributed by atoms with Crippen molar-refractivity contribution in [2.75, 3.05) is 11.4 Å². The van der Waals surface area contributed by atoms with E-state index in [1.54, 1.807) is 34.7 Å². The standard InChI is InChI=1S/C23H20F2N6O2/c1-13(18-8-15(24)10-27-23(18)25)33-21-7-6-20-28-19(12-31(20)29-21)14-2-4-17(5-3-14)30-11-16(26)9-22(30)32/h2-8,10,12-13,16H,9,11,26H2,1H3/t13?,16-/m0/s1. The molecule has 1 aromatic carbocycles. The summed E-state index contributed by atoms with van der Waals surface area (Å²) in [5.74, 6) is -1.20. The molecule has 4 heterocycles. The first kappa shape index (κ1) is 21.0. The highest BCUT2D eigenvalue weighted by Crippen LogP contribution is 2.27. The van der Waals surface area contributed by atoms with Crippen LogP contribution in [0.1, 0.15) is 25.0 Å². The van der Waals surface area contributed by atoms with Crippen LogP contribution in [0.25, 0.3) is 16.9 Å². The van der Waals surface area contributed by atoms with Crippen molar-refractivity contribution < 1.29 is 18.3 Å². The maximum atomic E-state index is 13.9. The van der Waals surface area contributed by atoms with Gasteiger partial charge in [-0.2, -0.15) is 4.39 Å². The summed E-state index contributed by atoms with van der Waals surface area (Å²) < 4.78 is 34.6. The zero-order valence-electron chi connectivity index (χ0n) is 17.7. The number of amides is 1. The second-order valence-corrected chi connectivity index (χ2v) is 7.91. The maximum absolute atomic E-state index is 13.9. The first-order valence-electron chi connectivity index (χ1n) is 10.4. The number of pyridine rings is 1. The Morgan fingerprint density at radius 3 is 2.70 bits per heavy atom. The molecule has 2 atom stereocenters. The van der Waals surface area contributed by atoms with E-state index in [1.807, 2.05) is 24.3 Å². The van der Waals surface area contributed by atoms with E-state index >= 15 is 0 Å². The fraction of sp³-hybridized carbons (Fsp3) is 0.217. The zero-order valence-corrected chi connectivity index (χ0v) is 17.7. The molecule has 0 spiro atoms. The minimum atomic E-state index is -0.796. The number of fused-ring (bicyclic) bond motifs is 1. The lowest BCUT2D eigenvalue weighted by Gasteiger charge is -2.16. The molecule has 10 heteroatoms. The minimum absolute atomic E-state index is 0.000692. The normalized spacial score (nSPS) is 17.0. The third-order valence-corrected chi connectivity index (χ3v) is 5.49. The third-order valence-electron chi connectivity index (χ3n) is 5.49. The number of imidazole rings is 1. The number of nitrogens with two attached hydrogens (primary N) is 1. The summed E-state index contributed by atoms with van der Waals surface area (Å²) in [5.41, 5.74) is 8.80. The van der Waals surface area contributed by atoms with Crippen LogP contribution in [0, 0.1) is 11.8 Å². The van der Waals surface area contributed by atoms with Crippen molar-refractivity contribution in [2.45, 2.75) is 25.5 Å². The summed E-state index contributed by atoms with van der Waals surface area (Å²) in [6, 6.07) is 11.7. The SMILES string of the molecule is CC(Oc1ccc2nc(-c3ccc(N4C[C@@H](N)CC4=O)cc3)cn2n1)c1cc(F)cnc1F. The van der Waals surface area contributed by atoms with E-state index in [-0.39, 0.29) is 23.4 Å². The molecule has 8 nitrogen and oxygen atoms in total. The van der Waals surface area contributed by atoms with Crippen LogP contribution < -0.4 is 15.4 Å². The summed E-state index contributed by atoms with van der Waals surface area (Å²) in [4.78, 5) is 21.7. The number of rotatable bonds is 5. The largest absolute Gasteiger partial charge is 0.469 e. The lowest BCUT2D eigenvalue weighted by Crippen LogP contribution is -2.27. The van der Waals surface area contributed by atoms with Crippen LogP contribution in [0.5, 0.6) is 5.88 Å². The fourth-order valence-corrected chi connectivity index (χ4v) is 3.83. The Morgan fingerprint density at radius 1 is 1.18 bits per heavy atom. The Morgan fingerprint density at radius 2 is 1.97 bits per heavy atom. The predicted octanol–water partition coefficient (Wildman–Crippen LogP) is 3.27. The summed E-state index contributed by atoms with van der Waals surface area (Å²) in [7, 11) is 0. The van der Waals surface area contributed by atoms with Crippen molar-refractivity contribution >= 4 is 17.2 Å². The molecular weight excluding hydrogens is 430 g/mol. The van der Waals surface area contributed by atoms with Gasteiger partial charge in [-0.15, -0.1) is 5.10 Å². The number of carbonyl (C=O) groups excluding carboxylic acids is 1. The van der Waals surface area contributed by atoms with E-state index < -0.39 is 17.9 Å². The maximum Gasteiger partial charge on any atom is 0.232 e. The highest BCUT2D eigenvalue weighted by molar-refractivity contribution is 5.96. The minimum Gasteiger partial charge on any atom is -0.469 e. The van der Waals surface area contributed by atoms with Gasteiger partial charge in [0, 0.05) is 36.3 Å². The van der Waals surface area contributed by atoms with Gasteiger partial charge >= 0.3 is 0 Å². The number of benzene rings is 1. The molecule has 4 aromatic rings. The van der Waals surface area contributed by atoms with E-state index in [0.29, 0.717) is 24.3 Å². The molecule has 1 aliphatic rings. The van der Waals surface area contributed by atoms with Gasteiger partial charge in [-0.1, -0.05) is 12.1 Å². The molecule has 0 aliphatic carbocycles. The van der Waals surface area contributed by atoms with Crippen molar-refractivity contribution in [3.8, 4) is 17.1 Å². The van der Waals surface area contributed by atoms with Gasteiger partial charge in [0.15, 0.2) is 5.65 Å². The molecule has 1 amide bonds. The quantitative estimate of drug-likeness (QED) is 0.469. The Hall–Kier alpha value is -3.92. The summed E-state index contributed by atoms with van der Waals surface area (Å²) >= 11 is 0. The molecule has 5 rings (SSSR count). The van der Waals surface area contributed by atoms with Gasteiger partial charge in [0.05, 0.1) is 23.7 Å². The fourth-order valence-electron chi connectivity index (χ4n) is 3.83. The monoisotopic (exact) mass is 450 g/mol. The van der Waals surface area contributed by atoms with Crippen molar-refractivity contribution in [3.05, 3.63) is 72.2 Å². The van der Waals surface area contributed by atoms with Gasteiger partial charge in [0.25, 0.3) is 0 Å². The van der Waals surface area contributed by atoms with Gasteiger partial charge in [0.1, 0.15) is 11.9 Å². The van der Waals surface area contributed by atoms with Gasteiger partial charge in [-0.05, 0) is 31.2 Å². The number of nitrogens with zero attached hydrogens (tertiary/aromatic N) is 5. The van der Waals surface area contributed by atoms with E-state index in [1.165, 1.54) is 0 Å². The highest BCUT2D eigenvalue weighted by Gasteiger charge is 2.28. The molecule has 1 aliphatic heterocycles. The number of aromatic nitrogens is 4. The molecule has 1 fully saturated rings. The van der Waals surface area contributed by atoms with Crippen LogP contribution in [-0.2, 0) is 4.79 Å². The van der Waals surface area contributed by atoms with E-state index in [2.05, 4.69) is 15.1 Å². The molecule has 0 radical (unpaired) electrons. The zero-order chi connectivity index (χ0) is 23.1. The average molecular weight is 450 g/mol. The van der Waals surface area contributed by atoms with Gasteiger partial charge in [-0.3, -0.25) is 4.79 Å². The molecule has 33 heavy (non-hydrogen) atoms. The smallest absolute Gasteiger partial charge is 0.232 e. The number of anilines is 1. The van der Waals surface area contributed by atoms with Crippen molar-refractivity contribution in [1.82, 2.24) is 19.6 Å². The van der Waals surface area contributed by atoms with E-state index in [4.69, 9.17) is 10.5 Å². The molecule has 3 aromatic heterocycles. The molecule has 168 valence electrons. The third kappa shape index (κ3) is 4.12. The summed E-state index contributed by atoms with van der Waals surface area (Å²) in [6.45, 7) is 2.09. The van der Waals surface area contributed by atoms with Crippen LogP contribution in [0.3, 0.4) is 0 Å². The van der Waals surface area contributed by atoms with Gasteiger partial charge in [-0.25, -0.2) is 18.9 Å². The van der Waals surface area contributed by atoms with Crippen molar-refractivity contribution in [1.29, 1.82) is 0 Å². The average Bonchev–Trinajstić information content (AvgIpc) is 3.37. The highest BCUT2D eigenvalue weighted by atomic mass is 19.1. The van der Waals surface area contributed by atoms with E-state index in [9.17, 15) is 13.6 Å². The van der Waals surface area contributed by atoms with Crippen LogP contribution in [0.15, 0.2) is 54.9 Å². The number of carbonyl (C=O) groups is 1. The molecule has 1 saturated heterocycles. The summed E-state index contributed by atoms with van der Waals surface area (Å²) in [6.07, 6.45) is 2.11. The second-order valence-electron chi connectivity index (χ2n) is 7.91. The molecule has 0 saturated carbocycles. The topological polar surface area (TPSA) is 98.6 Å². The lowest BCUT2D eigenvalue weighted by atomic mass is 10.1. The first-order chi connectivity index (χ1) is 15.9. The molecule has 2 N–H and O–H groups in total. The Labute approximate surface area is 187 Å². The Bertz CT molecular complexity index is 1340. The predicted molar refractivity (Wildman–Crippen MR) is 117 cm³/mol. The first-order valence-corrected chi connectivity index (χ1v) is 10.4. The van der Waals surface area contributed by atoms with E-state index in [0.717, 1.165) is 23.5 Å².